The molecular formula is C23H24FN3O. The number of hydrogen-bond acceptors (Lipinski definition) is 2. The molecule has 0 aliphatic carbocycles. The SMILES string of the molecule is Cc1ccc2nc(C)n(C3CCN(C(=O)/C=C/c4ccccc4F)CC3)c2c1. The molecule has 5 heteroatoms. The monoisotopic (exact) mass is 377 g/mol. The summed E-state index contributed by atoms with van der Waals surface area (Å²) in [6.45, 7) is 5.52. The Balaban J connectivity index is 1.45. The molecule has 1 fully saturated rings. The van der Waals surface area contributed by atoms with Crippen LogP contribution in [0.15, 0.2) is 48.5 Å². The highest BCUT2D eigenvalue weighted by atomic mass is 19.1. The van der Waals surface area contributed by atoms with Crippen LogP contribution in [0.4, 0.5) is 4.39 Å². The van der Waals surface area contributed by atoms with Crippen LogP contribution < -0.4 is 0 Å². The molecule has 1 saturated heterocycles. The zero-order valence-corrected chi connectivity index (χ0v) is 16.2. The number of aromatic nitrogens is 2. The van der Waals surface area contributed by atoms with Crippen molar-refractivity contribution in [1.82, 2.24) is 14.5 Å². The molecule has 2 aromatic carbocycles. The number of fused-ring (bicyclic) bond motifs is 1. The lowest BCUT2D eigenvalue weighted by molar-refractivity contribution is -0.127. The van der Waals surface area contributed by atoms with Crippen LogP contribution in [0.3, 0.4) is 0 Å². The predicted molar refractivity (Wildman–Crippen MR) is 109 cm³/mol. The fraction of sp³-hybridized carbons (Fsp3) is 0.304. The van der Waals surface area contributed by atoms with Crippen molar-refractivity contribution in [2.45, 2.75) is 32.7 Å². The van der Waals surface area contributed by atoms with Gasteiger partial charge in [0.1, 0.15) is 11.6 Å². The van der Waals surface area contributed by atoms with Gasteiger partial charge in [0, 0.05) is 30.8 Å². The Morgan fingerprint density at radius 2 is 1.89 bits per heavy atom. The average Bonchev–Trinajstić information content (AvgIpc) is 3.02. The molecule has 0 unspecified atom stereocenters. The van der Waals surface area contributed by atoms with E-state index in [1.54, 1.807) is 24.3 Å². The molecule has 0 bridgehead atoms. The van der Waals surface area contributed by atoms with Crippen LogP contribution in [0.1, 0.15) is 35.8 Å². The zero-order valence-electron chi connectivity index (χ0n) is 16.2. The molecule has 4 nitrogen and oxygen atoms in total. The van der Waals surface area contributed by atoms with E-state index in [-0.39, 0.29) is 11.7 Å². The number of benzene rings is 2. The van der Waals surface area contributed by atoms with Crippen LogP contribution in [0.5, 0.6) is 0 Å². The minimum absolute atomic E-state index is 0.0650. The van der Waals surface area contributed by atoms with E-state index in [9.17, 15) is 9.18 Å². The molecule has 0 spiro atoms. The normalized spacial score (nSPS) is 15.6. The van der Waals surface area contributed by atoms with Crippen LogP contribution in [0.2, 0.25) is 0 Å². The van der Waals surface area contributed by atoms with Gasteiger partial charge in [-0.1, -0.05) is 24.3 Å². The van der Waals surface area contributed by atoms with Crippen molar-refractivity contribution >= 4 is 23.0 Å². The highest BCUT2D eigenvalue weighted by molar-refractivity contribution is 5.91. The lowest BCUT2D eigenvalue weighted by atomic mass is 10.0. The summed E-state index contributed by atoms with van der Waals surface area (Å²) in [6, 6.07) is 13.1. The van der Waals surface area contributed by atoms with E-state index in [1.807, 2.05) is 11.8 Å². The molecule has 144 valence electrons. The van der Waals surface area contributed by atoms with E-state index >= 15 is 0 Å². The number of nitrogens with zero attached hydrogens (tertiary/aromatic N) is 3. The molecule has 4 rings (SSSR count). The molecule has 0 radical (unpaired) electrons. The van der Waals surface area contributed by atoms with Gasteiger partial charge in [0.15, 0.2) is 0 Å². The summed E-state index contributed by atoms with van der Waals surface area (Å²) in [7, 11) is 0. The van der Waals surface area contributed by atoms with Gasteiger partial charge in [-0.05, 0) is 56.5 Å². The molecule has 2 heterocycles. The van der Waals surface area contributed by atoms with Gasteiger partial charge in [-0.25, -0.2) is 9.37 Å². The van der Waals surface area contributed by atoms with Gasteiger partial charge in [-0.15, -0.1) is 0 Å². The summed E-state index contributed by atoms with van der Waals surface area (Å²) in [4.78, 5) is 19.0. The van der Waals surface area contributed by atoms with Crippen molar-refractivity contribution in [2.24, 2.45) is 0 Å². The summed E-state index contributed by atoms with van der Waals surface area (Å²) in [5.74, 6) is 0.637. The second-order valence-electron chi connectivity index (χ2n) is 7.43. The minimum Gasteiger partial charge on any atom is -0.339 e. The van der Waals surface area contributed by atoms with Gasteiger partial charge in [-0.3, -0.25) is 4.79 Å². The van der Waals surface area contributed by atoms with Crippen molar-refractivity contribution in [3.8, 4) is 0 Å². The maximum absolute atomic E-state index is 13.7. The van der Waals surface area contributed by atoms with E-state index in [2.05, 4.69) is 29.7 Å². The molecule has 1 aliphatic heterocycles. The van der Waals surface area contributed by atoms with Gasteiger partial charge in [0.2, 0.25) is 5.91 Å². The Morgan fingerprint density at radius 1 is 1.14 bits per heavy atom. The van der Waals surface area contributed by atoms with Gasteiger partial charge in [0.25, 0.3) is 0 Å². The standard InChI is InChI=1S/C23H24FN3O/c1-16-7-9-21-22(15-16)27(17(2)25-21)19-11-13-26(14-12-19)23(28)10-8-18-5-3-4-6-20(18)24/h3-10,15,19H,11-14H2,1-2H3/b10-8+. The van der Waals surface area contributed by atoms with Crippen molar-refractivity contribution in [3.05, 3.63) is 71.3 Å². The Morgan fingerprint density at radius 3 is 2.64 bits per heavy atom. The Bertz CT molecular complexity index is 1050. The summed E-state index contributed by atoms with van der Waals surface area (Å²) in [5.41, 5.74) is 3.84. The van der Waals surface area contributed by atoms with E-state index in [0.29, 0.717) is 24.7 Å². The van der Waals surface area contributed by atoms with Crippen LogP contribution in [-0.4, -0.2) is 33.4 Å². The first kappa shape index (κ1) is 18.4. The average molecular weight is 377 g/mol. The topological polar surface area (TPSA) is 38.1 Å². The minimum atomic E-state index is -0.317. The number of rotatable bonds is 3. The number of likely N-dealkylation sites (tertiary alicyclic amines) is 1. The van der Waals surface area contributed by atoms with Crippen molar-refractivity contribution in [1.29, 1.82) is 0 Å². The molecule has 1 amide bonds. The van der Waals surface area contributed by atoms with Crippen LogP contribution in [-0.2, 0) is 4.79 Å². The number of hydrogen-bond donors (Lipinski definition) is 0. The molecular weight excluding hydrogens is 353 g/mol. The zero-order chi connectivity index (χ0) is 19.7. The molecule has 1 aliphatic rings. The number of piperidine rings is 1. The number of aryl methyl sites for hydroxylation is 2. The highest BCUT2D eigenvalue weighted by Gasteiger charge is 2.25. The first-order chi connectivity index (χ1) is 13.5. The van der Waals surface area contributed by atoms with Crippen molar-refractivity contribution < 1.29 is 9.18 Å². The van der Waals surface area contributed by atoms with Crippen LogP contribution >= 0.6 is 0 Å². The molecule has 1 aromatic heterocycles. The number of carbonyl (C=O) groups is 1. The number of imidazole rings is 1. The second kappa shape index (κ2) is 7.58. The third-order valence-corrected chi connectivity index (χ3v) is 5.47. The Labute approximate surface area is 164 Å². The molecule has 0 N–H and O–H groups in total. The lowest BCUT2D eigenvalue weighted by Crippen LogP contribution is -2.38. The quantitative estimate of drug-likeness (QED) is 0.622. The summed E-state index contributed by atoms with van der Waals surface area (Å²) in [5, 5.41) is 0. The maximum Gasteiger partial charge on any atom is 0.246 e. The smallest absolute Gasteiger partial charge is 0.246 e. The number of amides is 1. The van der Waals surface area contributed by atoms with Crippen molar-refractivity contribution in [2.75, 3.05) is 13.1 Å². The van der Waals surface area contributed by atoms with Crippen LogP contribution in [0.25, 0.3) is 17.1 Å². The van der Waals surface area contributed by atoms with E-state index in [4.69, 9.17) is 4.98 Å². The first-order valence-electron chi connectivity index (χ1n) is 9.69. The van der Waals surface area contributed by atoms with Crippen molar-refractivity contribution in [3.63, 3.8) is 0 Å². The van der Waals surface area contributed by atoms with Gasteiger partial charge in [0.05, 0.1) is 11.0 Å². The van der Waals surface area contributed by atoms with E-state index in [0.717, 1.165) is 24.2 Å². The number of carbonyl (C=O) groups excluding carboxylic acids is 1. The first-order valence-corrected chi connectivity index (χ1v) is 9.69. The molecule has 0 saturated carbocycles. The maximum atomic E-state index is 13.7. The van der Waals surface area contributed by atoms with Gasteiger partial charge >= 0.3 is 0 Å². The molecule has 0 atom stereocenters. The molecule has 3 aromatic rings. The highest BCUT2D eigenvalue weighted by Crippen LogP contribution is 2.29. The third-order valence-electron chi connectivity index (χ3n) is 5.47. The summed E-state index contributed by atoms with van der Waals surface area (Å²) >= 11 is 0. The Hall–Kier alpha value is -2.95. The van der Waals surface area contributed by atoms with Gasteiger partial charge < -0.3 is 9.47 Å². The second-order valence-corrected chi connectivity index (χ2v) is 7.43. The largest absolute Gasteiger partial charge is 0.339 e. The number of halogens is 1. The van der Waals surface area contributed by atoms with E-state index < -0.39 is 0 Å². The lowest BCUT2D eigenvalue weighted by Gasteiger charge is -2.33. The van der Waals surface area contributed by atoms with E-state index in [1.165, 1.54) is 23.2 Å². The fourth-order valence-electron chi connectivity index (χ4n) is 4.01. The fourth-order valence-corrected chi connectivity index (χ4v) is 4.01. The summed E-state index contributed by atoms with van der Waals surface area (Å²) in [6.07, 6.45) is 4.80. The Kier molecular flexibility index (Phi) is 4.99. The summed E-state index contributed by atoms with van der Waals surface area (Å²) < 4.78 is 16.0. The third kappa shape index (κ3) is 3.57. The van der Waals surface area contributed by atoms with Crippen LogP contribution in [0, 0.1) is 19.7 Å². The van der Waals surface area contributed by atoms with Gasteiger partial charge in [-0.2, -0.15) is 0 Å². The molecule has 28 heavy (non-hydrogen) atoms. The predicted octanol–water partition coefficient (Wildman–Crippen LogP) is 4.67.